The van der Waals surface area contributed by atoms with Crippen molar-refractivity contribution in [2.24, 2.45) is 0 Å². The molecule has 33 heavy (non-hydrogen) atoms. The SMILES string of the molecule is C=CC(=O)Nc1ccc2c(N3CCC(Nc4ncc(C#C[Si](C)(C)C)cn4)C3)nccc2c1. The van der Waals surface area contributed by atoms with E-state index in [1.807, 2.05) is 24.3 Å². The van der Waals surface area contributed by atoms with Crippen molar-refractivity contribution in [2.75, 3.05) is 28.6 Å². The molecule has 3 heterocycles. The Morgan fingerprint density at radius 3 is 2.73 bits per heavy atom. The van der Waals surface area contributed by atoms with Crippen LogP contribution in [0, 0.1) is 11.5 Å². The smallest absolute Gasteiger partial charge is 0.247 e. The predicted molar refractivity (Wildman–Crippen MR) is 137 cm³/mol. The lowest BCUT2D eigenvalue weighted by atomic mass is 10.1. The van der Waals surface area contributed by atoms with Crippen LogP contribution in [0.5, 0.6) is 0 Å². The van der Waals surface area contributed by atoms with Gasteiger partial charge in [-0.15, -0.1) is 5.54 Å². The van der Waals surface area contributed by atoms with Crippen molar-refractivity contribution in [3.63, 3.8) is 0 Å². The maximum atomic E-state index is 11.6. The van der Waals surface area contributed by atoms with Gasteiger partial charge in [0.15, 0.2) is 0 Å². The number of carbonyl (C=O) groups excluding carboxylic acids is 1. The van der Waals surface area contributed by atoms with E-state index in [0.29, 0.717) is 5.95 Å². The lowest BCUT2D eigenvalue weighted by molar-refractivity contribution is -0.111. The molecule has 8 heteroatoms. The molecule has 1 atom stereocenters. The van der Waals surface area contributed by atoms with Crippen molar-refractivity contribution >= 4 is 42.2 Å². The molecule has 1 saturated heterocycles. The van der Waals surface area contributed by atoms with Crippen LogP contribution in [0.4, 0.5) is 17.5 Å². The topological polar surface area (TPSA) is 83.0 Å². The van der Waals surface area contributed by atoms with Gasteiger partial charge in [0.25, 0.3) is 0 Å². The fourth-order valence-electron chi connectivity index (χ4n) is 3.66. The van der Waals surface area contributed by atoms with E-state index >= 15 is 0 Å². The number of benzene rings is 1. The first-order valence-electron chi connectivity index (χ1n) is 11.0. The number of nitrogens with zero attached hydrogens (tertiary/aromatic N) is 4. The zero-order valence-electron chi connectivity index (χ0n) is 19.2. The fraction of sp³-hybridized carbons (Fsp3) is 0.280. The van der Waals surface area contributed by atoms with Gasteiger partial charge in [-0.1, -0.05) is 32.1 Å². The van der Waals surface area contributed by atoms with E-state index in [-0.39, 0.29) is 11.9 Å². The Bertz CT molecular complexity index is 1240. The Kier molecular flexibility index (Phi) is 6.42. The summed E-state index contributed by atoms with van der Waals surface area (Å²) >= 11 is 0. The average Bonchev–Trinajstić information content (AvgIpc) is 3.25. The second-order valence-electron chi connectivity index (χ2n) is 9.14. The van der Waals surface area contributed by atoms with Crippen molar-refractivity contribution in [3.8, 4) is 11.5 Å². The molecule has 0 spiro atoms. The van der Waals surface area contributed by atoms with Gasteiger partial charge in [0.2, 0.25) is 11.9 Å². The first-order valence-corrected chi connectivity index (χ1v) is 14.5. The minimum Gasteiger partial charge on any atom is -0.354 e. The number of rotatable bonds is 5. The molecule has 0 aliphatic carbocycles. The van der Waals surface area contributed by atoms with Crippen molar-refractivity contribution in [1.82, 2.24) is 15.0 Å². The predicted octanol–water partition coefficient (Wildman–Crippen LogP) is 4.07. The molecule has 0 radical (unpaired) electrons. The first-order chi connectivity index (χ1) is 15.8. The lowest BCUT2D eigenvalue weighted by Crippen LogP contribution is -2.27. The highest BCUT2D eigenvalue weighted by molar-refractivity contribution is 6.83. The van der Waals surface area contributed by atoms with Gasteiger partial charge in [-0.2, -0.15) is 0 Å². The summed E-state index contributed by atoms with van der Waals surface area (Å²) in [6, 6.07) is 8.02. The molecule has 1 fully saturated rings. The number of pyridine rings is 1. The van der Waals surface area contributed by atoms with Crippen LogP contribution in [0.25, 0.3) is 10.8 Å². The van der Waals surface area contributed by atoms with E-state index in [9.17, 15) is 4.79 Å². The molecule has 1 aliphatic rings. The highest BCUT2D eigenvalue weighted by Crippen LogP contribution is 2.29. The molecule has 1 aromatic carbocycles. The van der Waals surface area contributed by atoms with Gasteiger partial charge in [-0.05, 0) is 42.1 Å². The molecule has 168 valence electrons. The summed E-state index contributed by atoms with van der Waals surface area (Å²) in [5, 5.41) is 8.32. The van der Waals surface area contributed by atoms with Gasteiger partial charge < -0.3 is 15.5 Å². The average molecular weight is 457 g/mol. The minimum atomic E-state index is -1.42. The normalized spacial score (nSPS) is 15.6. The number of nitrogens with one attached hydrogen (secondary N) is 2. The van der Waals surface area contributed by atoms with Crippen LogP contribution in [0.2, 0.25) is 19.6 Å². The highest BCUT2D eigenvalue weighted by atomic mass is 28.3. The van der Waals surface area contributed by atoms with Gasteiger partial charge in [0.1, 0.15) is 13.9 Å². The maximum Gasteiger partial charge on any atom is 0.247 e. The molecule has 7 nitrogen and oxygen atoms in total. The summed E-state index contributed by atoms with van der Waals surface area (Å²) < 4.78 is 0. The van der Waals surface area contributed by atoms with Gasteiger partial charge in [-0.25, -0.2) is 15.0 Å². The summed E-state index contributed by atoms with van der Waals surface area (Å²) in [5.74, 6) is 4.52. The third-order valence-corrected chi connectivity index (χ3v) is 6.13. The second kappa shape index (κ2) is 9.43. The number of amides is 1. The molecule has 4 rings (SSSR count). The van der Waals surface area contributed by atoms with Crippen LogP contribution in [0.1, 0.15) is 12.0 Å². The van der Waals surface area contributed by atoms with E-state index in [1.54, 1.807) is 18.6 Å². The quantitative estimate of drug-likeness (QED) is 0.342. The maximum absolute atomic E-state index is 11.6. The summed E-state index contributed by atoms with van der Waals surface area (Å²) in [4.78, 5) is 27.4. The van der Waals surface area contributed by atoms with Gasteiger partial charge in [-0.3, -0.25) is 4.79 Å². The highest BCUT2D eigenvalue weighted by Gasteiger charge is 2.25. The van der Waals surface area contributed by atoms with Crippen molar-refractivity contribution in [1.29, 1.82) is 0 Å². The molecule has 1 amide bonds. The summed E-state index contributed by atoms with van der Waals surface area (Å²) in [6.07, 6.45) is 7.60. The molecule has 0 saturated carbocycles. The van der Waals surface area contributed by atoms with Crippen molar-refractivity contribution in [2.45, 2.75) is 32.1 Å². The molecule has 1 unspecified atom stereocenters. The minimum absolute atomic E-state index is 0.226. The van der Waals surface area contributed by atoms with E-state index in [2.05, 4.69) is 68.2 Å². The third-order valence-electron chi connectivity index (χ3n) is 5.25. The summed E-state index contributed by atoms with van der Waals surface area (Å²) in [7, 11) is -1.42. The molecular formula is C25H28N6OSi. The van der Waals surface area contributed by atoms with Crippen molar-refractivity contribution in [3.05, 3.63) is 61.1 Å². The van der Waals surface area contributed by atoms with Crippen LogP contribution in [-0.4, -0.2) is 48.1 Å². The van der Waals surface area contributed by atoms with E-state index in [4.69, 9.17) is 0 Å². The number of hydrogen-bond donors (Lipinski definition) is 2. The molecule has 2 N–H and O–H groups in total. The van der Waals surface area contributed by atoms with Crippen molar-refractivity contribution < 1.29 is 4.79 Å². The molecule has 3 aromatic rings. The Balaban J connectivity index is 1.44. The van der Waals surface area contributed by atoms with Crippen LogP contribution >= 0.6 is 0 Å². The number of anilines is 3. The standard InChI is InChI=1S/C25H28N6OSi/c1-5-23(32)29-20-6-7-22-19(14-20)8-11-26-24(22)31-12-9-21(17-31)30-25-27-15-18(16-28-25)10-13-33(2,3)4/h5-8,11,14-16,21H,1,9,12,17H2,2-4H3,(H,29,32)(H,27,28,30). The largest absolute Gasteiger partial charge is 0.354 e. The van der Waals surface area contributed by atoms with Gasteiger partial charge >= 0.3 is 0 Å². The summed E-state index contributed by atoms with van der Waals surface area (Å²) in [5.41, 5.74) is 4.92. The first kappa shape index (κ1) is 22.5. The van der Waals surface area contributed by atoms with Crippen LogP contribution in [0.15, 0.2) is 55.5 Å². The van der Waals surface area contributed by atoms with E-state index < -0.39 is 8.07 Å². The molecular weight excluding hydrogens is 428 g/mol. The fourth-order valence-corrected chi connectivity index (χ4v) is 4.18. The molecule has 0 bridgehead atoms. The van der Waals surface area contributed by atoms with Crippen LogP contribution in [-0.2, 0) is 4.79 Å². The Morgan fingerprint density at radius 1 is 1.21 bits per heavy atom. The monoisotopic (exact) mass is 456 g/mol. The number of fused-ring (bicyclic) bond motifs is 1. The number of carbonyl (C=O) groups is 1. The van der Waals surface area contributed by atoms with Crippen LogP contribution < -0.4 is 15.5 Å². The van der Waals surface area contributed by atoms with E-state index in [1.165, 1.54) is 6.08 Å². The zero-order chi connectivity index (χ0) is 23.4. The Hall–Kier alpha value is -3.70. The number of hydrogen-bond acceptors (Lipinski definition) is 6. The molecule has 2 aromatic heterocycles. The van der Waals surface area contributed by atoms with Gasteiger partial charge in [0.05, 0.1) is 5.56 Å². The zero-order valence-corrected chi connectivity index (χ0v) is 20.2. The third kappa shape index (κ3) is 5.76. The van der Waals surface area contributed by atoms with Gasteiger partial charge in [0, 0.05) is 48.8 Å². The Morgan fingerprint density at radius 2 is 2.00 bits per heavy atom. The second-order valence-corrected chi connectivity index (χ2v) is 13.9. The lowest BCUT2D eigenvalue weighted by Gasteiger charge is -2.20. The number of aromatic nitrogens is 3. The van der Waals surface area contributed by atoms with Crippen LogP contribution in [0.3, 0.4) is 0 Å². The Labute approximate surface area is 195 Å². The molecule has 1 aliphatic heterocycles. The van der Waals surface area contributed by atoms with E-state index in [0.717, 1.165) is 47.4 Å². The summed E-state index contributed by atoms with van der Waals surface area (Å²) in [6.45, 7) is 11.8.